The molecule has 4 heteroatoms. The fraction of sp³-hybridized carbons (Fsp3) is 0.192. The predicted octanol–water partition coefficient (Wildman–Crippen LogP) is 6.63. The van der Waals surface area contributed by atoms with Crippen molar-refractivity contribution in [3.8, 4) is 0 Å². The summed E-state index contributed by atoms with van der Waals surface area (Å²) in [6.07, 6.45) is 1.30. The number of halogens is 1. The van der Waals surface area contributed by atoms with Gasteiger partial charge in [0.1, 0.15) is 0 Å². The zero-order valence-electron chi connectivity index (χ0n) is 16.8. The van der Waals surface area contributed by atoms with Crippen LogP contribution in [-0.4, -0.2) is 5.78 Å². The zero-order chi connectivity index (χ0) is 20.7. The van der Waals surface area contributed by atoms with Gasteiger partial charge >= 0.3 is 0 Å². The molecule has 1 heterocycles. The van der Waals surface area contributed by atoms with Crippen molar-refractivity contribution in [2.24, 2.45) is 0 Å². The third-order valence-corrected chi connectivity index (χ3v) is 6.39. The Morgan fingerprint density at radius 3 is 2.47 bits per heavy atom. The molecule has 0 fully saturated rings. The van der Waals surface area contributed by atoms with Crippen LogP contribution in [0.15, 0.2) is 84.1 Å². The van der Waals surface area contributed by atoms with Crippen molar-refractivity contribution in [3.05, 3.63) is 106 Å². The highest BCUT2D eigenvalue weighted by Gasteiger charge is 2.36. The largest absolute Gasteiger partial charge is 0.372 e. The van der Waals surface area contributed by atoms with Crippen molar-refractivity contribution in [3.63, 3.8) is 0 Å². The van der Waals surface area contributed by atoms with Gasteiger partial charge in [0.15, 0.2) is 5.78 Å². The van der Waals surface area contributed by atoms with E-state index in [1.54, 1.807) is 0 Å². The Morgan fingerprint density at radius 2 is 1.67 bits per heavy atom. The van der Waals surface area contributed by atoms with Gasteiger partial charge in [-0.25, -0.2) is 0 Å². The van der Waals surface area contributed by atoms with E-state index in [-0.39, 0.29) is 17.7 Å². The van der Waals surface area contributed by atoms with E-state index in [9.17, 15) is 4.79 Å². The van der Waals surface area contributed by atoms with Crippen LogP contribution in [0.2, 0.25) is 5.02 Å². The summed E-state index contributed by atoms with van der Waals surface area (Å²) in [5.41, 5.74) is 7.05. The van der Waals surface area contributed by atoms with Crippen LogP contribution in [0.4, 0.5) is 11.4 Å². The van der Waals surface area contributed by atoms with Crippen molar-refractivity contribution >= 4 is 28.8 Å². The average Bonchev–Trinajstić information content (AvgIpc) is 2.91. The molecule has 0 saturated carbocycles. The summed E-state index contributed by atoms with van der Waals surface area (Å²) < 4.78 is 0. The van der Waals surface area contributed by atoms with Gasteiger partial charge in [0, 0.05) is 22.7 Å². The molecule has 2 atom stereocenters. The SMILES string of the molecule is Cc1ccc2c(c1)N[C@H](c1ccccc1Cl)C1=C(C[C@H](c3ccccc3)CC1=O)N2. The zero-order valence-corrected chi connectivity index (χ0v) is 17.5. The highest BCUT2D eigenvalue weighted by atomic mass is 35.5. The lowest BCUT2D eigenvalue weighted by atomic mass is 9.78. The van der Waals surface area contributed by atoms with Gasteiger partial charge in [-0.15, -0.1) is 0 Å². The van der Waals surface area contributed by atoms with Crippen LogP contribution in [0.25, 0.3) is 0 Å². The van der Waals surface area contributed by atoms with Gasteiger partial charge in [0.05, 0.1) is 17.4 Å². The minimum atomic E-state index is -0.284. The van der Waals surface area contributed by atoms with E-state index in [0.717, 1.165) is 40.2 Å². The molecule has 30 heavy (non-hydrogen) atoms. The summed E-state index contributed by atoms with van der Waals surface area (Å²) in [6, 6.07) is 24.1. The van der Waals surface area contributed by atoms with Gasteiger partial charge in [-0.05, 0) is 54.2 Å². The lowest BCUT2D eigenvalue weighted by Crippen LogP contribution is -2.27. The summed E-state index contributed by atoms with van der Waals surface area (Å²) in [7, 11) is 0. The van der Waals surface area contributed by atoms with Gasteiger partial charge in [0.25, 0.3) is 0 Å². The van der Waals surface area contributed by atoms with Crippen LogP contribution in [0, 0.1) is 6.92 Å². The van der Waals surface area contributed by atoms with E-state index in [0.29, 0.717) is 11.4 Å². The van der Waals surface area contributed by atoms with Crippen molar-refractivity contribution in [1.29, 1.82) is 0 Å². The Bertz CT molecular complexity index is 1150. The average molecular weight is 415 g/mol. The minimum Gasteiger partial charge on any atom is -0.372 e. The molecule has 0 radical (unpaired) electrons. The van der Waals surface area contributed by atoms with Crippen LogP contribution in [0.5, 0.6) is 0 Å². The van der Waals surface area contributed by atoms with Crippen molar-refractivity contribution in [2.75, 3.05) is 10.6 Å². The summed E-state index contributed by atoms with van der Waals surface area (Å²) in [5, 5.41) is 7.87. The van der Waals surface area contributed by atoms with E-state index in [2.05, 4.69) is 47.9 Å². The molecule has 1 aliphatic heterocycles. The lowest BCUT2D eigenvalue weighted by Gasteiger charge is -2.30. The van der Waals surface area contributed by atoms with E-state index in [1.807, 2.05) is 42.5 Å². The number of hydrogen-bond acceptors (Lipinski definition) is 3. The Morgan fingerprint density at radius 1 is 0.900 bits per heavy atom. The normalized spacial score (nSPS) is 20.5. The highest BCUT2D eigenvalue weighted by molar-refractivity contribution is 6.31. The summed E-state index contributed by atoms with van der Waals surface area (Å²) in [4.78, 5) is 13.5. The fourth-order valence-corrected chi connectivity index (χ4v) is 4.81. The van der Waals surface area contributed by atoms with Gasteiger partial charge in [-0.1, -0.05) is 66.2 Å². The second-order valence-corrected chi connectivity index (χ2v) is 8.51. The topological polar surface area (TPSA) is 41.1 Å². The maximum Gasteiger partial charge on any atom is 0.163 e. The molecule has 3 nitrogen and oxygen atoms in total. The number of aryl methyl sites for hydroxylation is 1. The molecule has 3 aromatic rings. The molecule has 1 aliphatic carbocycles. The Labute approximate surface area is 181 Å². The molecule has 0 amide bonds. The highest BCUT2D eigenvalue weighted by Crippen LogP contribution is 2.45. The molecular weight excluding hydrogens is 392 g/mol. The number of hydrogen-bond donors (Lipinski definition) is 2. The van der Waals surface area contributed by atoms with Crippen LogP contribution in [0.1, 0.15) is 41.5 Å². The van der Waals surface area contributed by atoms with Gasteiger partial charge in [-0.2, -0.15) is 0 Å². The molecule has 0 saturated heterocycles. The fourth-order valence-electron chi connectivity index (χ4n) is 4.56. The Balaban J connectivity index is 1.65. The van der Waals surface area contributed by atoms with Gasteiger partial charge in [-0.3, -0.25) is 4.79 Å². The van der Waals surface area contributed by atoms with Crippen molar-refractivity contribution < 1.29 is 4.79 Å². The number of allylic oxidation sites excluding steroid dienone is 1. The predicted molar refractivity (Wildman–Crippen MR) is 123 cm³/mol. The molecule has 2 aliphatic rings. The first-order valence-corrected chi connectivity index (χ1v) is 10.7. The van der Waals surface area contributed by atoms with Crippen LogP contribution in [-0.2, 0) is 4.79 Å². The molecule has 3 aromatic carbocycles. The van der Waals surface area contributed by atoms with Crippen LogP contribution >= 0.6 is 11.6 Å². The second kappa shape index (κ2) is 7.66. The number of carbonyl (C=O) groups excluding carboxylic acids is 1. The molecule has 0 aromatic heterocycles. The monoisotopic (exact) mass is 414 g/mol. The second-order valence-electron chi connectivity index (χ2n) is 8.10. The van der Waals surface area contributed by atoms with Crippen molar-refractivity contribution in [1.82, 2.24) is 0 Å². The number of ketones is 1. The summed E-state index contributed by atoms with van der Waals surface area (Å²) in [6.45, 7) is 2.07. The smallest absolute Gasteiger partial charge is 0.163 e. The molecule has 0 bridgehead atoms. The molecule has 2 N–H and O–H groups in total. The number of anilines is 2. The van der Waals surface area contributed by atoms with E-state index in [1.165, 1.54) is 5.56 Å². The molecule has 150 valence electrons. The first-order valence-electron chi connectivity index (χ1n) is 10.3. The number of nitrogens with one attached hydrogen (secondary N) is 2. The number of carbonyl (C=O) groups is 1. The minimum absolute atomic E-state index is 0.166. The van der Waals surface area contributed by atoms with Crippen LogP contribution in [0.3, 0.4) is 0 Å². The first kappa shape index (κ1) is 19.0. The maximum absolute atomic E-state index is 13.5. The summed E-state index contributed by atoms with van der Waals surface area (Å²) >= 11 is 6.58. The number of fused-ring (bicyclic) bond motifs is 1. The Kier molecular flexibility index (Phi) is 4.84. The third kappa shape index (κ3) is 3.40. The molecule has 0 spiro atoms. The molecule has 5 rings (SSSR count). The third-order valence-electron chi connectivity index (χ3n) is 6.04. The number of rotatable bonds is 2. The van der Waals surface area contributed by atoms with E-state index >= 15 is 0 Å². The molecule has 0 unspecified atom stereocenters. The molecular formula is C26H23ClN2O. The lowest BCUT2D eigenvalue weighted by molar-refractivity contribution is -0.116. The van der Waals surface area contributed by atoms with E-state index in [4.69, 9.17) is 11.6 Å². The van der Waals surface area contributed by atoms with Crippen LogP contribution < -0.4 is 10.6 Å². The number of benzene rings is 3. The summed E-state index contributed by atoms with van der Waals surface area (Å²) in [5.74, 6) is 0.336. The Hall–Kier alpha value is -3.04. The van der Waals surface area contributed by atoms with E-state index < -0.39 is 0 Å². The van der Waals surface area contributed by atoms with Gasteiger partial charge < -0.3 is 10.6 Å². The first-order chi connectivity index (χ1) is 14.6. The maximum atomic E-state index is 13.5. The van der Waals surface area contributed by atoms with Gasteiger partial charge in [0.2, 0.25) is 0 Å². The quantitative estimate of drug-likeness (QED) is 0.494. The number of Topliss-reactive ketones (excluding diaryl/α,β-unsaturated/α-hetero) is 1. The standard InChI is InChI=1S/C26H23ClN2O/c1-16-11-12-21-22(13-16)29-26(19-9-5-6-10-20(19)27)25-23(28-21)14-18(15-24(25)30)17-7-3-2-4-8-17/h2-13,18,26,28-29H,14-15H2,1H3/t18-,26+/m0/s1. The van der Waals surface area contributed by atoms with Crippen molar-refractivity contribution in [2.45, 2.75) is 31.7 Å².